The van der Waals surface area contributed by atoms with Gasteiger partial charge in [-0.25, -0.2) is 0 Å². The smallest absolute Gasteiger partial charge is 0.419 e. The van der Waals surface area contributed by atoms with Gasteiger partial charge < -0.3 is 16.2 Å². The highest BCUT2D eigenvalue weighted by molar-refractivity contribution is 6.03. The third kappa shape index (κ3) is 5.38. The first kappa shape index (κ1) is 21.3. The number of carbonyl (C=O) groups excluding carboxylic acids is 1. The van der Waals surface area contributed by atoms with Gasteiger partial charge in [-0.3, -0.25) is 4.79 Å². The van der Waals surface area contributed by atoms with Gasteiger partial charge in [0.2, 0.25) is 0 Å². The summed E-state index contributed by atoms with van der Waals surface area (Å²) in [6, 6.07) is 10.6. The van der Waals surface area contributed by atoms with Crippen LogP contribution in [-0.2, 0) is 12.8 Å². The Bertz CT molecular complexity index is 805. The summed E-state index contributed by atoms with van der Waals surface area (Å²) in [5.74, 6) is -1.84. The summed E-state index contributed by atoms with van der Waals surface area (Å²) in [4.78, 5) is 15.2. The van der Waals surface area contributed by atoms with E-state index >= 15 is 0 Å². The third-order valence-corrected chi connectivity index (χ3v) is 3.33. The molecule has 0 heterocycles. The lowest BCUT2D eigenvalue weighted by atomic mass is 10.0. The van der Waals surface area contributed by atoms with Gasteiger partial charge in [0.25, 0.3) is 5.91 Å². The SMILES string of the molecule is Cc1cc(OCc2ccccc2)c(C(F)(F)F)cc1C(=O)N=C(N)N.Cl. The quantitative estimate of drug-likeness (QED) is 0.621. The Kier molecular flexibility index (Phi) is 7.02. The lowest BCUT2D eigenvalue weighted by Gasteiger charge is -2.16. The molecule has 0 aliphatic heterocycles. The number of nitrogens with two attached hydrogens (primary N) is 2. The molecule has 0 bridgehead atoms. The molecule has 0 spiro atoms. The molecule has 0 aliphatic rings. The minimum Gasteiger partial charge on any atom is -0.488 e. The van der Waals surface area contributed by atoms with Crippen LogP contribution in [0.25, 0.3) is 0 Å². The summed E-state index contributed by atoms with van der Waals surface area (Å²) in [5, 5.41) is 0. The zero-order valence-electron chi connectivity index (χ0n) is 13.7. The van der Waals surface area contributed by atoms with Crippen LogP contribution >= 0.6 is 12.4 Å². The van der Waals surface area contributed by atoms with Gasteiger partial charge in [-0.2, -0.15) is 18.2 Å². The van der Waals surface area contributed by atoms with Crippen LogP contribution in [0, 0.1) is 6.92 Å². The largest absolute Gasteiger partial charge is 0.488 e. The summed E-state index contributed by atoms with van der Waals surface area (Å²) in [7, 11) is 0. The normalized spacial score (nSPS) is 10.6. The minimum atomic E-state index is -4.70. The lowest BCUT2D eigenvalue weighted by Crippen LogP contribution is -2.24. The van der Waals surface area contributed by atoms with Gasteiger partial charge in [0.1, 0.15) is 12.4 Å². The monoisotopic (exact) mass is 387 g/mol. The predicted molar refractivity (Wildman–Crippen MR) is 94.3 cm³/mol. The van der Waals surface area contributed by atoms with E-state index in [-0.39, 0.29) is 35.9 Å². The van der Waals surface area contributed by atoms with Gasteiger partial charge in [0.15, 0.2) is 5.96 Å². The van der Waals surface area contributed by atoms with Crippen LogP contribution in [0.4, 0.5) is 13.2 Å². The molecule has 2 rings (SSSR count). The summed E-state index contributed by atoms with van der Waals surface area (Å²) in [5.41, 5.74) is 9.89. The second-order valence-electron chi connectivity index (χ2n) is 5.28. The highest BCUT2D eigenvalue weighted by Gasteiger charge is 2.36. The number of aryl methyl sites for hydroxylation is 1. The highest BCUT2D eigenvalue weighted by Crippen LogP contribution is 2.38. The number of halogens is 4. The number of alkyl halides is 3. The summed E-state index contributed by atoms with van der Waals surface area (Å²) in [6.07, 6.45) is -4.70. The standard InChI is InChI=1S/C17H16F3N3O2.ClH/c1-10-7-14(25-9-11-5-3-2-4-6-11)13(17(18,19)20)8-12(10)15(24)23-16(21)22;/h2-8H,9H2,1H3,(H4,21,22,23,24);1H. The van der Waals surface area contributed by atoms with Crippen molar-refractivity contribution in [3.8, 4) is 5.75 Å². The van der Waals surface area contributed by atoms with E-state index in [2.05, 4.69) is 4.99 Å². The van der Waals surface area contributed by atoms with Gasteiger partial charge in [0.05, 0.1) is 5.56 Å². The predicted octanol–water partition coefficient (Wildman–Crippen LogP) is 3.43. The van der Waals surface area contributed by atoms with E-state index in [1.807, 2.05) is 0 Å². The number of carbonyl (C=O) groups is 1. The van der Waals surface area contributed by atoms with Crippen molar-refractivity contribution in [1.82, 2.24) is 0 Å². The Morgan fingerprint density at radius 2 is 1.77 bits per heavy atom. The van der Waals surface area contributed by atoms with Gasteiger partial charge in [0, 0.05) is 5.56 Å². The van der Waals surface area contributed by atoms with E-state index in [4.69, 9.17) is 16.2 Å². The fourth-order valence-corrected chi connectivity index (χ4v) is 2.17. The number of rotatable bonds is 4. The van der Waals surface area contributed by atoms with Crippen molar-refractivity contribution in [1.29, 1.82) is 0 Å². The number of aliphatic imine (C=N–C) groups is 1. The van der Waals surface area contributed by atoms with Crippen LogP contribution in [0.3, 0.4) is 0 Å². The van der Waals surface area contributed by atoms with Crippen molar-refractivity contribution in [2.45, 2.75) is 19.7 Å². The molecule has 9 heteroatoms. The van der Waals surface area contributed by atoms with Gasteiger partial charge in [-0.15, -0.1) is 12.4 Å². The van der Waals surface area contributed by atoms with E-state index in [1.165, 1.54) is 6.92 Å². The molecule has 0 aliphatic carbocycles. The molecular formula is C17H17ClF3N3O2. The Hall–Kier alpha value is -2.74. The Labute approximate surface area is 154 Å². The molecule has 0 radical (unpaired) electrons. The molecule has 1 amide bonds. The fraction of sp³-hybridized carbons (Fsp3) is 0.176. The maximum Gasteiger partial charge on any atom is 0.419 e. The summed E-state index contributed by atoms with van der Waals surface area (Å²) in [6.45, 7) is 1.44. The molecule has 2 aromatic carbocycles. The molecule has 0 saturated heterocycles. The van der Waals surface area contributed by atoms with Crippen LogP contribution in [0.1, 0.15) is 27.0 Å². The topological polar surface area (TPSA) is 90.7 Å². The Morgan fingerprint density at radius 3 is 2.31 bits per heavy atom. The van der Waals surface area contributed by atoms with Crippen molar-refractivity contribution in [2.24, 2.45) is 16.5 Å². The molecule has 5 nitrogen and oxygen atoms in total. The molecule has 26 heavy (non-hydrogen) atoms. The first-order valence-electron chi connectivity index (χ1n) is 7.21. The maximum atomic E-state index is 13.3. The van der Waals surface area contributed by atoms with E-state index in [9.17, 15) is 18.0 Å². The second-order valence-corrected chi connectivity index (χ2v) is 5.28. The summed E-state index contributed by atoms with van der Waals surface area (Å²) >= 11 is 0. The van der Waals surface area contributed by atoms with E-state index in [0.29, 0.717) is 11.6 Å². The molecule has 0 unspecified atom stereocenters. The zero-order valence-corrected chi connectivity index (χ0v) is 14.5. The van der Waals surface area contributed by atoms with E-state index in [1.54, 1.807) is 30.3 Å². The molecule has 0 fully saturated rings. The number of guanidine groups is 1. The Balaban J connectivity index is 0.00000338. The lowest BCUT2D eigenvalue weighted by molar-refractivity contribution is -0.139. The highest BCUT2D eigenvalue weighted by atomic mass is 35.5. The zero-order chi connectivity index (χ0) is 18.6. The third-order valence-electron chi connectivity index (χ3n) is 3.33. The Morgan fingerprint density at radius 1 is 1.15 bits per heavy atom. The maximum absolute atomic E-state index is 13.3. The number of amides is 1. The molecule has 0 saturated carbocycles. The molecule has 2 aromatic rings. The van der Waals surface area contributed by atoms with E-state index < -0.39 is 23.6 Å². The number of benzene rings is 2. The molecule has 140 valence electrons. The van der Waals surface area contributed by atoms with Crippen LogP contribution in [-0.4, -0.2) is 11.9 Å². The number of hydrogen-bond donors (Lipinski definition) is 2. The summed E-state index contributed by atoms with van der Waals surface area (Å²) < 4.78 is 45.3. The van der Waals surface area contributed by atoms with Crippen LogP contribution in [0.5, 0.6) is 5.75 Å². The van der Waals surface area contributed by atoms with Gasteiger partial charge in [-0.1, -0.05) is 30.3 Å². The average molecular weight is 388 g/mol. The molecular weight excluding hydrogens is 371 g/mol. The van der Waals surface area contributed by atoms with Crippen molar-refractivity contribution in [2.75, 3.05) is 0 Å². The van der Waals surface area contributed by atoms with E-state index in [0.717, 1.165) is 6.07 Å². The van der Waals surface area contributed by atoms with Crippen LogP contribution < -0.4 is 16.2 Å². The fourth-order valence-electron chi connectivity index (χ4n) is 2.17. The molecule has 4 N–H and O–H groups in total. The first-order chi connectivity index (χ1) is 11.7. The van der Waals surface area contributed by atoms with Crippen molar-refractivity contribution in [3.63, 3.8) is 0 Å². The number of nitrogens with zero attached hydrogens (tertiary/aromatic N) is 1. The molecule has 0 atom stereocenters. The van der Waals surface area contributed by atoms with Crippen molar-refractivity contribution < 1.29 is 22.7 Å². The molecule has 0 aromatic heterocycles. The first-order valence-corrected chi connectivity index (χ1v) is 7.21. The average Bonchev–Trinajstić information content (AvgIpc) is 2.52. The van der Waals surface area contributed by atoms with Gasteiger partial charge in [-0.05, 0) is 30.2 Å². The number of ether oxygens (including phenoxy) is 1. The minimum absolute atomic E-state index is 0. The van der Waals surface area contributed by atoms with Crippen LogP contribution in [0.2, 0.25) is 0 Å². The van der Waals surface area contributed by atoms with Gasteiger partial charge >= 0.3 is 6.18 Å². The van der Waals surface area contributed by atoms with Crippen molar-refractivity contribution >= 4 is 24.3 Å². The number of hydrogen-bond acceptors (Lipinski definition) is 2. The van der Waals surface area contributed by atoms with Crippen molar-refractivity contribution in [3.05, 3.63) is 64.7 Å². The second kappa shape index (κ2) is 8.57. The van der Waals surface area contributed by atoms with Crippen LogP contribution in [0.15, 0.2) is 47.5 Å².